The number of H-pyrrole nitrogens is 1. The Morgan fingerprint density at radius 2 is 1.78 bits per heavy atom. The van der Waals surface area contributed by atoms with Gasteiger partial charge < -0.3 is 9.47 Å². The van der Waals surface area contributed by atoms with Crippen LogP contribution in [0.15, 0.2) is 90.0 Å². The van der Waals surface area contributed by atoms with E-state index >= 15 is 0 Å². The summed E-state index contributed by atoms with van der Waals surface area (Å²) in [5.41, 5.74) is 6.10. The van der Waals surface area contributed by atoms with E-state index < -0.39 is 5.91 Å². The monoisotopic (exact) mass is 426 g/mol. The predicted octanol–water partition coefficient (Wildman–Crippen LogP) is 4.43. The number of methoxy groups -OCH3 is 1. The number of hydrazone groups is 1. The SMILES string of the molecule is COc1ccc(/C=N\NC(=O)c2cc(-c3ccccc3OCc3ccccc3)n[nH]2)cc1. The summed E-state index contributed by atoms with van der Waals surface area (Å²) < 4.78 is 11.1. The molecule has 4 rings (SSSR count). The van der Waals surface area contributed by atoms with Crippen molar-refractivity contribution in [2.75, 3.05) is 7.11 Å². The third-order valence-corrected chi connectivity index (χ3v) is 4.72. The number of carbonyl (C=O) groups excluding carboxylic acids is 1. The Morgan fingerprint density at radius 3 is 2.56 bits per heavy atom. The highest BCUT2D eigenvalue weighted by atomic mass is 16.5. The van der Waals surface area contributed by atoms with E-state index in [-0.39, 0.29) is 0 Å². The van der Waals surface area contributed by atoms with E-state index in [9.17, 15) is 4.79 Å². The number of ether oxygens (including phenoxy) is 2. The van der Waals surface area contributed by atoms with Crippen molar-refractivity contribution in [3.63, 3.8) is 0 Å². The van der Waals surface area contributed by atoms with Gasteiger partial charge in [-0.1, -0.05) is 42.5 Å². The van der Waals surface area contributed by atoms with E-state index in [0.29, 0.717) is 23.7 Å². The van der Waals surface area contributed by atoms with Crippen molar-refractivity contribution in [3.05, 3.63) is 102 Å². The normalized spacial score (nSPS) is 10.8. The van der Waals surface area contributed by atoms with Gasteiger partial charge in [0.15, 0.2) is 0 Å². The zero-order chi connectivity index (χ0) is 22.2. The van der Waals surface area contributed by atoms with Gasteiger partial charge in [-0.05, 0) is 53.6 Å². The lowest BCUT2D eigenvalue weighted by molar-refractivity contribution is 0.0950. The van der Waals surface area contributed by atoms with Gasteiger partial charge in [0.2, 0.25) is 0 Å². The second kappa shape index (κ2) is 10.1. The maximum atomic E-state index is 12.4. The minimum Gasteiger partial charge on any atom is -0.497 e. The molecule has 0 spiro atoms. The van der Waals surface area contributed by atoms with Crippen LogP contribution < -0.4 is 14.9 Å². The van der Waals surface area contributed by atoms with Crippen LogP contribution in [0.3, 0.4) is 0 Å². The molecule has 1 aromatic heterocycles. The fraction of sp³-hybridized carbons (Fsp3) is 0.0800. The van der Waals surface area contributed by atoms with Gasteiger partial charge in [0, 0.05) is 5.56 Å². The smallest absolute Gasteiger partial charge is 0.289 e. The molecule has 0 saturated heterocycles. The van der Waals surface area contributed by atoms with E-state index in [1.54, 1.807) is 19.4 Å². The van der Waals surface area contributed by atoms with E-state index in [1.165, 1.54) is 0 Å². The summed E-state index contributed by atoms with van der Waals surface area (Å²) in [5, 5.41) is 11.0. The average molecular weight is 426 g/mol. The molecule has 2 N–H and O–H groups in total. The lowest BCUT2D eigenvalue weighted by Gasteiger charge is -2.10. The highest BCUT2D eigenvalue weighted by molar-refractivity contribution is 5.94. The van der Waals surface area contributed by atoms with E-state index in [1.807, 2.05) is 78.9 Å². The summed E-state index contributed by atoms with van der Waals surface area (Å²) in [4.78, 5) is 12.4. The number of nitrogens with one attached hydrogen (secondary N) is 2. The molecular weight excluding hydrogens is 404 g/mol. The minimum atomic E-state index is -0.392. The van der Waals surface area contributed by atoms with E-state index in [0.717, 1.165) is 22.4 Å². The number of para-hydroxylation sites is 1. The number of rotatable bonds is 8. The van der Waals surface area contributed by atoms with Gasteiger partial charge in [-0.2, -0.15) is 10.2 Å². The topological polar surface area (TPSA) is 88.6 Å². The number of carbonyl (C=O) groups is 1. The van der Waals surface area contributed by atoms with Crippen molar-refractivity contribution >= 4 is 12.1 Å². The zero-order valence-corrected chi connectivity index (χ0v) is 17.5. The Labute approximate surface area is 185 Å². The Morgan fingerprint density at radius 1 is 1.03 bits per heavy atom. The molecule has 7 nitrogen and oxygen atoms in total. The second-order valence-corrected chi connectivity index (χ2v) is 6.91. The predicted molar refractivity (Wildman–Crippen MR) is 123 cm³/mol. The van der Waals surface area contributed by atoms with Crippen LogP contribution in [0.2, 0.25) is 0 Å². The Kier molecular flexibility index (Phi) is 6.57. The number of nitrogens with zero attached hydrogens (tertiary/aromatic N) is 2. The molecule has 0 saturated carbocycles. The van der Waals surface area contributed by atoms with Crippen LogP contribution in [0.5, 0.6) is 11.5 Å². The van der Waals surface area contributed by atoms with Crippen molar-refractivity contribution in [2.45, 2.75) is 6.61 Å². The van der Waals surface area contributed by atoms with Gasteiger partial charge in [-0.15, -0.1) is 0 Å². The maximum Gasteiger partial charge on any atom is 0.289 e. The summed E-state index contributed by atoms with van der Waals surface area (Å²) in [5.74, 6) is 1.05. The summed E-state index contributed by atoms with van der Waals surface area (Å²) >= 11 is 0. The molecule has 1 heterocycles. The van der Waals surface area contributed by atoms with Crippen LogP contribution >= 0.6 is 0 Å². The highest BCUT2D eigenvalue weighted by Crippen LogP contribution is 2.29. The summed E-state index contributed by atoms with van der Waals surface area (Å²) in [7, 11) is 1.61. The number of amides is 1. The van der Waals surface area contributed by atoms with Crippen molar-refractivity contribution in [1.29, 1.82) is 0 Å². The molecule has 0 bridgehead atoms. The van der Waals surface area contributed by atoms with Crippen molar-refractivity contribution in [1.82, 2.24) is 15.6 Å². The number of aromatic amines is 1. The molecule has 0 atom stereocenters. The molecule has 0 aliphatic heterocycles. The Balaban J connectivity index is 1.41. The second-order valence-electron chi connectivity index (χ2n) is 6.91. The molecule has 4 aromatic rings. The van der Waals surface area contributed by atoms with Crippen LogP contribution in [0.25, 0.3) is 11.3 Å². The molecule has 0 aliphatic carbocycles. The summed E-state index contributed by atoms with van der Waals surface area (Å²) in [6.07, 6.45) is 1.56. The first-order chi connectivity index (χ1) is 15.7. The average Bonchev–Trinajstić information content (AvgIpc) is 3.34. The maximum absolute atomic E-state index is 12.4. The molecular formula is C25H22N4O3. The van der Waals surface area contributed by atoms with Crippen LogP contribution in [0, 0.1) is 0 Å². The molecule has 7 heteroatoms. The van der Waals surface area contributed by atoms with Crippen molar-refractivity contribution in [3.8, 4) is 22.8 Å². The molecule has 0 radical (unpaired) electrons. The number of aromatic nitrogens is 2. The minimum absolute atomic E-state index is 0.296. The van der Waals surface area contributed by atoms with Crippen LogP contribution in [0.4, 0.5) is 0 Å². The van der Waals surface area contributed by atoms with Crippen LogP contribution in [-0.4, -0.2) is 29.4 Å². The van der Waals surface area contributed by atoms with Gasteiger partial charge in [-0.25, -0.2) is 5.43 Å². The first-order valence-electron chi connectivity index (χ1n) is 10.0. The molecule has 160 valence electrons. The van der Waals surface area contributed by atoms with Crippen LogP contribution in [-0.2, 0) is 6.61 Å². The highest BCUT2D eigenvalue weighted by Gasteiger charge is 2.13. The standard InChI is InChI=1S/C25H22N4O3/c1-31-20-13-11-18(12-14-20)16-26-29-25(30)23-15-22(27-28-23)21-9-5-6-10-24(21)32-17-19-7-3-2-4-8-19/h2-16H,17H2,1H3,(H,27,28)(H,29,30)/b26-16-. The van der Waals surface area contributed by atoms with Gasteiger partial charge in [0.1, 0.15) is 23.8 Å². The third-order valence-electron chi connectivity index (χ3n) is 4.72. The Bertz CT molecular complexity index is 1200. The summed E-state index contributed by atoms with van der Waals surface area (Å²) in [6.45, 7) is 0.440. The Hall–Kier alpha value is -4.39. The number of benzene rings is 3. The van der Waals surface area contributed by atoms with Crippen molar-refractivity contribution in [2.24, 2.45) is 5.10 Å². The van der Waals surface area contributed by atoms with Gasteiger partial charge in [0.25, 0.3) is 5.91 Å². The lowest BCUT2D eigenvalue weighted by Crippen LogP contribution is -2.17. The quantitative estimate of drug-likeness (QED) is 0.322. The molecule has 0 fully saturated rings. The largest absolute Gasteiger partial charge is 0.497 e. The van der Waals surface area contributed by atoms with Gasteiger partial charge >= 0.3 is 0 Å². The first-order valence-corrected chi connectivity index (χ1v) is 10.0. The molecule has 0 unspecified atom stereocenters. The fourth-order valence-electron chi connectivity index (χ4n) is 3.03. The van der Waals surface area contributed by atoms with Gasteiger partial charge in [0.05, 0.1) is 19.0 Å². The van der Waals surface area contributed by atoms with Gasteiger partial charge in [-0.3, -0.25) is 9.89 Å². The number of hydrogen-bond acceptors (Lipinski definition) is 5. The van der Waals surface area contributed by atoms with Crippen LogP contribution in [0.1, 0.15) is 21.6 Å². The molecule has 0 aliphatic rings. The summed E-state index contributed by atoms with van der Waals surface area (Å²) in [6, 6.07) is 26.5. The van der Waals surface area contributed by atoms with E-state index in [2.05, 4.69) is 20.7 Å². The molecule has 32 heavy (non-hydrogen) atoms. The molecule has 3 aromatic carbocycles. The van der Waals surface area contributed by atoms with E-state index in [4.69, 9.17) is 9.47 Å². The first kappa shape index (κ1) is 20.9. The van der Waals surface area contributed by atoms with Crippen molar-refractivity contribution < 1.29 is 14.3 Å². The molecule has 1 amide bonds. The fourth-order valence-corrected chi connectivity index (χ4v) is 3.03. The number of hydrogen-bond donors (Lipinski definition) is 2. The third kappa shape index (κ3) is 5.20. The zero-order valence-electron chi connectivity index (χ0n) is 17.5. The lowest BCUT2D eigenvalue weighted by atomic mass is 10.1.